The van der Waals surface area contributed by atoms with E-state index in [1.165, 1.54) is 6.33 Å². The lowest BCUT2D eigenvalue weighted by molar-refractivity contribution is 0.0865. The minimum absolute atomic E-state index is 0.0298. The van der Waals surface area contributed by atoms with Crippen molar-refractivity contribution in [3.05, 3.63) is 84.9 Å². The van der Waals surface area contributed by atoms with Gasteiger partial charge in [0.25, 0.3) is 8.32 Å². The highest BCUT2D eigenvalue weighted by Crippen LogP contribution is 2.43. The molecule has 1 aliphatic rings. The van der Waals surface area contributed by atoms with Gasteiger partial charge in [-0.3, -0.25) is 4.79 Å². The van der Waals surface area contributed by atoms with Gasteiger partial charge in [0.15, 0.2) is 5.78 Å². The molecule has 0 unspecified atom stereocenters. The second kappa shape index (κ2) is 10.1. The van der Waals surface area contributed by atoms with Gasteiger partial charge in [-0.05, 0) is 59.5 Å². The predicted octanol–water partition coefficient (Wildman–Crippen LogP) is 5.26. The third kappa shape index (κ3) is 4.55. The molecule has 36 heavy (non-hydrogen) atoms. The van der Waals surface area contributed by atoms with Gasteiger partial charge in [-0.25, -0.2) is 9.97 Å². The maximum Gasteiger partial charge on any atom is 0.258 e. The molecule has 1 fully saturated rings. The molecule has 0 spiro atoms. The first kappa shape index (κ1) is 24.6. The molecule has 1 aliphatic carbocycles. The fourth-order valence-electron chi connectivity index (χ4n) is 6.03. The topological polar surface area (TPSA) is 78.9 Å². The number of carbonyl (C=O) groups is 1. The molecule has 2 aromatic carbocycles. The number of rotatable bonds is 8. The van der Waals surface area contributed by atoms with Crippen LogP contribution in [-0.4, -0.2) is 33.8 Å². The summed E-state index contributed by atoms with van der Waals surface area (Å²) in [5.74, 6) is 0.758. The summed E-state index contributed by atoms with van der Waals surface area (Å²) in [7, 11) is -2.98. The first-order valence-electron chi connectivity index (χ1n) is 13.1. The number of aromatic nitrogens is 3. The molecular formula is C30H35N3O2Si. The number of hydrogen-bond donors (Lipinski definition) is 2. The number of H-pyrrole nitrogens is 1. The Morgan fingerprint density at radius 1 is 0.944 bits per heavy atom. The van der Waals surface area contributed by atoms with Gasteiger partial charge in [0.2, 0.25) is 0 Å². The van der Waals surface area contributed by atoms with Crippen molar-refractivity contribution in [1.82, 2.24) is 15.0 Å². The van der Waals surface area contributed by atoms with Crippen molar-refractivity contribution in [2.24, 2.45) is 11.8 Å². The Balaban J connectivity index is 1.26. The zero-order chi connectivity index (χ0) is 25.2. The van der Waals surface area contributed by atoms with Crippen LogP contribution in [0.1, 0.15) is 62.9 Å². The molecule has 0 bridgehead atoms. The van der Waals surface area contributed by atoms with E-state index in [9.17, 15) is 9.59 Å². The molecule has 0 atom stereocenters. The number of ketones is 1. The minimum atomic E-state index is -2.98. The third-order valence-electron chi connectivity index (χ3n) is 8.35. The number of nitrogens with zero attached hydrogens (tertiary/aromatic N) is 2. The van der Waals surface area contributed by atoms with Crippen molar-refractivity contribution < 1.29 is 9.59 Å². The highest BCUT2D eigenvalue weighted by molar-refractivity contribution is 6.98. The maximum atomic E-state index is 13.2. The van der Waals surface area contributed by atoms with Crippen molar-refractivity contribution in [2.45, 2.75) is 57.4 Å². The van der Waals surface area contributed by atoms with Crippen LogP contribution < -0.4 is 10.4 Å². The predicted molar refractivity (Wildman–Crippen MR) is 147 cm³/mol. The van der Waals surface area contributed by atoms with Crippen LogP contribution in [0, 0.1) is 11.8 Å². The quantitative estimate of drug-likeness (QED) is 0.257. The number of benzene rings is 2. The summed E-state index contributed by atoms with van der Waals surface area (Å²) in [6, 6.07) is 22.4. The maximum absolute atomic E-state index is 13.2. The summed E-state index contributed by atoms with van der Waals surface area (Å²) in [5.41, 5.74) is 1.27. The number of Topliss-reactive ketones (excluding diaryl/α,β-unsaturated/α-hetero) is 1. The van der Waals surface area contributed by atoms with Crippen molar-refractivity contribution >= 4 is 35.5 Å². The third-order valence-corrected chi connectivity index (χ3v) is 12.9. The van der Waals surface area contributed by atoms with E-state index >= 15 is 0 Å². The second-order valence-corrected chi connectivity index (χ2v) is 14.8. The average Bonchev–Trinajstić information content (AvgIpc) is 3.41. The van der Waals surface area contributed by atoms with Gasteiger partial charge < -0.3 is 9.78 Å². The normalized spacial score (nSPS) is 18.9. The van der Waals surface area contributed by atoms with Crippen molar-refractivity contribution in [2.75, 3.05) is 0 Å². The van der Waals surface area contributed by atoms with E-state index in [1.807, 2.05) is 48.7 Å². The van der Waals surface area contributed by atoms with E-state index in [-0.39, 0.29) is 16.7 Å². The molecule has 0 saturated heterocycles. The summed E-state index contributed by atoms with van der Waals surface area (Å²) >= 11 is 0. The standard InChI is InChI=1S/C30H35N3O2Si/c1-30(2,36(35,24-9-5-3-6-10-24)25-11-7-4-8-12-25)19-17-22-13-15-23(16-14-22)28(34)27-26-18-20-31-29(26)33-21-32-27/h3-12,18,20-23,35H,13-17,19H2,1-2H3,(H,31,32,33)/t22-,23-. The average molecular weight is 498 g/mol. The van der Waals surface area contributed by atoms with Crippen LogP contribution in [0.15, 0.2) is 79.3 Å². The van der Waals surface area contributed by atoms with Gasteiger partial charge in [-0.1, -0.05) is 80.9 Å². The van der Waals surface area contributed by atoms with Crippen LogP contribution in [0.2, 0.25) is 5.04 Å². The lowest BCUT2D eigenvalue weighted by atomic mass is 9.77. The van der Waals surface area contributed by atoms with Gasteiger partial charge in [-0.15, -0.1) is 0 Å². The van der Waals surface area contributed by atoms with Crippen LogP contribution in [0.3, 0.4) is 0 Å². The van der Waals surface area contributed by atoms with Crippen LogP contribution >= 0.6 is 0 Å². The number of aromatic amines is 1. The van der Waals surface area contributed by atoms with E-state index in [0.29, 0.717) is 11.6 Å². The van der Waals surface area contributed by atoms with E-state index < -0.39 is 8.32 Å². The number of hydrogen-bond acceptors (Lipinski definition) is 4. The summed E-state index contributed by atoms with van der Waals surface area (Å²) in [6.07, 6.45) is 9.21. The van der Waals surface area contributed by atoms with Crippen molar-refractivity contribution in [3.8, 4) is 0 Å². The molecular weight excluding hydrogens is 462 g/mol. The van der Waals surface area contributed by atoms with Crippen molar-refractivity contribution in [1.29, 1.82) is 0 Å². The van der Waals surface area contributed by atoms with Gasteiger partial charge in [0.1, 0.15) is 17.7 Å². The minimum Gasteiger partial charge on any atom is -0.424 e. The molecule has 5 rings (SSSR count). The lowest BCUT2D eigenvalue weighted by Crippen LogP contribution is -2.65. The van der Waals surface area contributed by atoms with Crippen LogP contribution in [0.4, 0.5) is 0 Å². The monoisotopic (exact) mass is 497 g/mol. The molecule has 0 amide bonds. The SMILES string of the molecule is CC(C)(CC[C@H]1CC[C@H](C(=O)c2ncnc3[nH]ccc23)CC1)[Si](O)(c1ccccc1)c1ccccc1. The Labute approximate surface area is 214 Å². The fourth-order valence-corrected chi connectivity index (χ4v) is 9.78. The Hall–Kier alpha value is -3.09. The highest BCUT2D eigenvalue weighted by Gasteiger charge is 2.49. The van der Waals surface area contributed by atoms with Gasteiger partial charge >= 0.3 is 0 Å². The molecule has 2 aromatic heterocycles. The summed E-state index contributed by atoms with van der Waals surface area (Å²) in [5, 5.41) is 2.72. The Morgan fingerprint density at radius 3 is 2.17 bits per heavy atom. The van der Waals surface area contributed by atoms with Crippen LogP contribution in [0.25, 0.3) is 11.0 Å². The molecule has 6 heteroatoms. The van der Waals surface area contributed by atoms with E-state index in [4.69, 9.17) is 0 Å². The summed E-state index contributed by atoms with van der Waals surface area (Å²) in [4.78, 5) is 37.3. The van der Waals surface area contributed by atoms with Gasteiger partial charge in [0.05, 0.1) is 0 Å². The first-order valence-corrected chi connectivity index (χ1v) is 15.0. The molecule has 186 valence electrons. The van der Waals surface area contributed by atoms with Gasteiger partial charge in [0, 0.05) is 17.5 Å². The molecule has 2 N–H and O–H groups in total. The Morgan fingerprint density at radius 2 is 1.56 bits per heavy atom. The first-order chi connectivity index (χ1) is 17.4. The van der Waals surface area contributed by atoms with Crippen LogP contribution in [0.5, 0.6) is 0 Å². The van der Waals surface area contributed by atoms with Crippen LogP contribution in [-0.2, 0) is 0 Å². The summed E-state index contributed by atoms with van der Waals surface area (Å²) < 4.78 is 0. The number of nitrogens with one attached hydrogen (secondary N) is 1. The molecule has 0 radical (unpaired) electrons. The Bertz CT molecular complexity index is 1270. The molecule has 0 aliphatic heterocycles. The zero-order valence-corrected chi connectivity index (χ0v) is 22.2. The van der Waals surface area contributed by atoms with E-state index in [1.54, 1.807) is 0 Å². The molecule has 5 nitrogen and oxygen atoms in total. The van der Waals surface area contributed by atoms with Crippen molar-refractivity contribution in [3.63, 3.8) is 0 Å². The lowest BCUT2D eigenvalue weighted by Gasteiger charge is -2.42. The largest absolute Gasteiger partial charge is 0.424 e. The van der Waals surface area contributed by atoms with Gasteiger partial charge in [-0.2, -0.15) is 0 Å². The van der Waals surface area contributed by atoms with E-state index in [2.05, 4.69) is 53.1 Å². The summed E-state index contributed by atoms with van der Waals surface area (Å²) in [6.45, 7) is 4.48. The molecule has 1 saturated carbocycles. The molecule has 2 heterocycles. The zero-order valence-electron chi connectivity index (χ0n) is 21.2. The highest BCUT2D eigenvalue weighted by atomic mass is 28.4. The van der Waals surface area contributed by atoms with E-state index in [0.717, 1.165) is 59.9 Å². The fraction of sp³-hybridized carbons (Fsp3) is 0.367. The smallest absolute Gasteiger partial charge is 0.258 e. The Kier molecular flexibility index (Phi) is 6.91. The second-order valence-electron chi connectivity index (χ2n) is 10.9. The number of carbonyl (C=O) groups excluding carboxylic acids is 1. The number of fused-ring (bicyclic) bond motifs is 1. The molecule has 4 aromatic rings.